The summed E-state index contributed by atoms with van der Waals surface area (Å²) >= 11 is 4.67. The number of aliphatic hydroxyl groups is 1. The number of methoxy groups -OCH3 is 2. The monoisotopic (exact) mass is 345 g/mol. The molecule has 0 spiro atoms. The van der Waals surface area contributed by atoms with Gasteiger partial charge in [0.05, 0.1) is 14.2 Å². The van der Waals surface area contributed by atoms with Crippen LogP contribution in [0.3, 0.4) is 0 Å². The summed E-state index contributed by atoms with van der Waals surface area (Å²) < 4.78 is 10.5. The number of nitrogens with zero attached hydrogens (tertiary/aromatic N) is 2. The number of aromatic nitrogens is 2. The number of nitrogens with one attached hydrogen (secondary N) is 1. The fraction of sp³-hybridized carbons (Fsp3) is 0.214. The third kappa shape index (κ3) is 5.15. The Morgan fingerprint density at radius 2 is 2.05 bits per heavy atom. The molecule has 8 heteroatoms. The molecule has 0 saturated carbocycles. The van der Waals surface area contributed by atoms with Crippen molar-refractivity contribution in [1.82, 2.24) is 9.97 Å². The molecule has 0 unspecified atom stereocenters. The van der Waals surface area contributed by atoms with E-state index < -0.39 is 0 Å². The van der Waals surface area contributed by atoms with Gasteiger partial charge in [0.1, 0.15) is 17.2 Å². The Hall–Kier alpha value is -0.774. The van der Waals surface area contributed by atoms with E-state index in [1.807, 2.05) is 12.1 Å². The van der Waals surface area contributed by atoms with E-state index in [1.54, 1.807) is 26.4 Å². The average molecular weight is 345 g/mol. The number of aliphatic hydroxyl groups excluding tert-OH is 1. The number of benzene rings is 1. The average Bonchev–Trinajstić information content (AvgIpc) is 2.53. The number of rotatable bonds is 6. The number of thiocarbonyl (C=S) groups is 1. The molecule has 2 N–H and O–H groups in total. The van der Waals surface area contributed by atoms with Crippen LogP contribution in [0, 0.1) is 0 Å². The molecule has 6 nitrogen and oxygen atoms in total. The van der Waals surface area contributed by atoms with Crippen LogP contribution in [0.2, 0.25) is 0 Å². The molecule has 22 heavy (non-hydrogen) atoms. The molecule has 0 aliphatic rings. The zero-order valence-electron chi connectivity index (χ0n) is 11.7. The summed E-state index contributed by atoms with van der Waals surface area (Å²) in [4.78, 5) is 8.17. The molecule has 1 aromatic carbocycles. The van der Waals surface area contributed by atoms with Gasteiger partial charge in [-0.2, -0.15) is 0 Å². The molecule has 0 bridgehead atoms. The van der Waals surface area contributed by atoms with Crippen LogP contribution < -0.4 is 14.8 Å². The van der Waals surface area contributed by atoms with Crippen molar-refractivity contribution in [1.29, 1.82) is 0 Å². The first-order chi connectivity index (χ1) is 10.1. The zero-order valence-corrected chi connectivity index (χ0v) is 12.5. The molecule has 1 aromatic heterocycles. The molecular weight excluding hydrogens is 329 g/mol. The van der Waals surface area contributed by atoms with E-state index in [1.165, 1.54) is 6.20 Å². The van der Waals surface area contributed by atoms with Crippen molar-refractivity contribution in [2.75, 3.05) is 19.5 Å². The fourth-order valence-electron chi connectivity index (χ4n) is 1.74. The molecule has 2 aromatic rings. The predicted molar refractivity (Wildman–Crippen MR) is 90.4 cm³/mol. The second-order valence-electron chi connectivity index (χ2n) is 4.10. The van der Waals surface area contributed by atoms with Crippen LogP contribution in [0.4, 0.5) is 5.95 Å². The zero-order chi connectivity index (χ0) is 15.2. The van der Waals surface area contributed by atoms with Gasteiger partial charge in [-0.1, -0.05) is 0 Å². The Balaban J connectivity index is 0.00000242. The summed E-state index contributed by atoms with van der Waals surface area (Å²) in [6.45, 7) is 0.467. The normalized spacial score (nSPS) is 9.55. The number of ether oxygens (including phenoxy) is 2. The molecule has 0 saturated heterocycles. The van der Waals surface area contributed by atoms with Crippen molar-refractivity contribution >= 4 is 74.6 Å². The molecule has 1 heterocycles. The molecule has 0 aliphatic carbocycles. The summed E-state index contributed by atoms with van der Waals surface area (Å²) in [5.41, 5.74) is 1.24. The second-order valence-corrected chi connectivity index (χ2v) is 4.49. The first kappa shape index (κ1) is 19.3. The first-order valence-corrected chi connectivity index (χ1v) is 6.56. The Labute approximate surface area is 176 Å². The predicted octanol–water partition coefficient (Wildman–Crippen LogP) is 1.69. The van der Waals surface area contributed by atoms with Crippen molar-refractivity contribution in [2.24, 2.45) is 0 Å². The molecule has 0 amide bonds. The van der Waals surface area contributed by atoms with E-state index in [-0.39, 0.29) is 56.4 Å². The third-order valence-electron chi connectivity index (χ3n) is 2.81. The summed E-state index contributed by atoms with van der Waals surface area (Å²) in [6.07, 6.45) is 1.53. The summed E-state index contributed by atoms with van der Waals surface area (Å²) in [5.74, 6) is 1.80. The standard InChI is InChI=1S/C14H15N3O3S.K.H/c1-19-10-4-3-9(12(7-10)20-2)8-16-14-15-6-5-11(17-14)13(18)21;;/h3-7H,8H2,1-2H3,(H,18,21)(H,15,16,17);;. The van der Waals surface area contributed by atoms with Gasteiger partial charge in [-0.05, 0) is 30.4 Å². The van der Waals surface area contributed by atoms with E-state index in [4.69, 9.17) is 9.47 Å². The van der Waals surface area contributed by atoms with Gasteiger partial charge < -0.3 is 19.9 Å². The van der Waals surface area contributed by atoms with E-state index in [0.717, 1.165) is 11.3 Å². The molecular formula is C14H16KN3O3S. The van der Waals surface area contributed by atoms with Crippen LogP contribution in [0.15, 0.2) is 30.5 Å². The number of hydrogen-bond acceptors (Lipinski definition) is 6. The summed E-state index contributed by atoms with van der Waals surface area (Å²) in [7, 11) is 3.20. The minimum atomic E-state index is -0.262. The maximum absolute atomic E-state index is 9.25. The molecule has 0 atom stereocenters. The topological polar surface area (TPSA) is 76.5 Å². The van der Waals surface area contributed by atoms with Gasteiger partial charge in [-0.25, -0.2) is 9.97 Å². The van der Waals surface area contributed by atoms with E-state index in [2.05, 4.69) is 27.5 Å². The quantitative estimate of drug-likeness (QED) is 0.609. The van der Waals surface area contributed by atoms with E-state index in [0.29, 0.717) is 23.9 Å². The van der Waals surface area contributed by atoms with E-state index in [9.17, 15) is 5.11 Å². The Morgan fingerprint density at radius 3 is 2.68 bits per heavy atom. The van der Waals surface area contributed by atoms with E-state index >= 15 is 0 Å². The molecule has 112 valence electrons. The SMILES string of the molecule is COc1ccc(CNc2nccc(C(O)=S)n2)c(OC)c1.[KH]. The molecule has 0 fully saturated rings. The van der Waals surface area contributed by atoms with Crippen LogP contribution in [-0.2, 0) is 6.54 Å². The van der Waals surface area contributed by atoms with Crippen molar-refractivity contribution in [3.8, 4) is 11.5 Å². The van der Waals surface area contributed by atoms with Gasteiger partial charge in [-0.3, -0.25) is 0 Å². The number of anilines is 1. The van der Waals surface area contributed by atoms with Crippen LogP contribution in [0.5, 0.6) is 11.5 Å². The molecule has 0 aliphatic heterocycles. The van der Waals surface area contributed by atoms with Crippen molar-refractivity contribution in [3.05, 3.63) is 41.7 Å². The molecule has 2 rings (SSSR count). The van der Waals surface area contributed by atoms with Crippen LogP contribution in [0.1, 0.15) is 11.3 Å². The van der Waals surface area contributed by atoms with Gasteiger partial charge >= 0.3 is 51.4 Å². The minimum absolute atomic E-state index is 0. The van der Waals surface area contributed by atoms with Gasteiger partial charge in [0, 0.05) is 24.4 Å². The fourth-order valence-corrected chi connectivity index (χ4v) is 1.85. The first-order valence-electron chi connectivity index (χ1n) is 6.15. The van der Waals surface area contributed by atoms with Crippen molar-refractivity contribution in [2.45, 2.75) is 6.54 Å². The van der Waals surface area contributed by atoms with Gasteiger partial charge in [0.15, 0.2) is 0 Å². The van der Waals surface area contributed by atoms with Crippen molar-refractivity contribution in [3.63, 3.8) is 0 Å². The van der Waals surface area contributed by atoms with Crippen LogP contribution in [-0.4, -0.2) is 85.7 Å². The maximum atomic E-state index is 9.25. The van der Waals surface area contributed by atoms with Crippen LogP contribution >= 0.6 is 12.2 Å². The van der Waals surface area contributed by atoms with Crippen molar-refractivity contribution < 1.29 is 14.6 Å². The number of hydrogen-bond donors (Lipinski definition) is 2. The Bertz CT molecular complexity index is 655. The Kier molecular flexibility index (Phi) is 8.22. The van der Waals surface area contributed by atoms with Gasteiger partial charge in [0.25, 0.3) is 0 Å². The molecule has 0 radical (unpaired) electrons. The van der Waals surface area contributed by atoms with Crippen LogP contribution in [0.25, 0.3) is 0 Å². The second kappa shape index (κ2) is 9.38. The third-order valence-corrected chi connectivity index (χ3v) is 3.02. The Morgan fingerprint density at radius 1 is 1.27 bits per heavy atom. The summed E-state index contributed by atoms with van der Waals surface area (Å²) in [5, 5.41) is 12.0. The van der Waals surface area contributed by atoms with Gasteiger partial charge in [-0.15, -0.1) is 0 Å². The summed E-state index contributed by atoms with van der Waals surface area (Å²) in [6, 6.07) is 7.09. The van der Waals surface area contributed by atoms with Gasteiger partial charge in [0.2, 0.25) is 11.0 Å².